The average Bonchev–Trinajstić information content (AvgIpc) is 2.99. The monoisotopic (exact) mass is 632 g/mol. The van der Waals surface area contributed by atoms with Crippen molar-refractivity contribution in [1.29, 1.82) is 0 Å². The molecule has 7 nitrogen and oxygen atoms in total. The Morgan fingerprint density at radius 2 is 1.84 bits per heavy atom. The summed E-state index contributed by atoms with van der Waals surface area (Å²) in [6, 6.07) is 15.8. The van der Waals surface area contributed by atoms with Crippen molar-refractivity contribution in [2.75, 3.05) is 31.1 Å². The maximum atomic E-state index is 14.2. The van der Waals surface area contributed by atoms with Crippen LogP contribution in [0.25, 0.3) is 0 Å². The third-order valence-corrected chi connectivity index (χ3v) is 8.27. The van der Waals surface area contributed by atoms with Crippen molar-refractivity contribution in [1.82, 2.24) is 9.88 Å². The highest BCUT2D eigenvalue weighted by molar-refractivity contribution is 6.30. The molecule has 1 aliphatic rings. The molecule has 1 aromatic heterocycles. The topological polar surface area (TPSA) is 80.9 Å². The molecule has 45 heavy (non-hydrogen) atoms. The van der Waals surface area contributed by atoms with Gasteiger partial charge in [-0.1, -0.05) is 43.0 Å². The number of primary amides is 1. The molecular weight excluding hydrogens is 591 g/mol. The Balaban J connectivity index is 1.43. The minimum Gasteiger partial charge on any atom is -0.473 e. The summed E-state index contributed by atoms with van der Waals surface area (Å²) in [6.07, 6.45) is 1.85. The SMILES string of the molecule is C=C(C)O/C(C)=C(\C)CN(C(=C)CN1CCC(c2cccc(OCc3ccc(Cl)cc3F)n2)CC1)c1cc(C(N)=O)ccc1C. The second kappa shape index (κ2) is 15.2. The Hall–Kier alpha value is -4.14. The van der Waals surface area contributed by atoms with Crippen LogP contribution in [0, 0.1) is 12.7 Å². The van der Waals surface area contributed by atoms with E-state index in [0.29, 0.717) is 40.9 Å². The Bertz CT molecular complexity index is 1600. The minimum atomic E-state index is -0.474. The smallest absolute Gasteiger partial charge is 0.248 e. The summed E-state index contributed by atoms with van der Waals surface area (Å²) >= 11 is 5.86. The molecule has 2 N–H and O–H groups in total. The minimum absolute atomic E-state index is 0.0752. The van der Waals surface area contributed by atoms with Crippen molar-refractivity contribution < 1.29 is 18.7 Å². The summed E-state index contributed by atoms with van der Waals surface area (Å²) in [7, 11) is 0. The van der Waals surface area contributed by atoms with Gasteiger partial charge in [0.2, 0.25) is 11.8 Å². The van der Waals surface area contributed by atoms with Gasteiger partial charge in [0.15, 0.2) is 0 Å². The maximum absolute atomic E-state index is 14.2. The molecule has 0 atom stereocenters. The first kappa shape index (κ1) is 33.7. The number of carbonyl (C=O) groups excluding carboxylic acids is 1. The molecule has 0 bridgehead atoms. The quantitative estimate of drug-likeness (QED) is 0.193. The van der Waals surface area contributed by atoms with Crippen molar-refractivity contribution in [3.05, 3.63) is 124 Å². The van der Waals surface area contributed by atoms with Gasteiger partial charge in [0.1, 0.15) is 18.2 Å². The van der Waals surface area contributed by atoms with Gasteiger partial charge in [0.25, 0.3) is 0 Å². The molecule has 0 unspecified atom stereocenters. The first-order chi connectivity index (χ1) is 21.4. The van der Waals surface area contributed by atoms with Crippen molar-refractivity contribution >= 4 is 23.2 Å². The molecule has 0 radical (unpaired) electrons. The second-order valence-electron chi connectivity index (χ2n) is 11.6. The Morgan fingerprint density at radius 1 is 1.11 bits per heavy atom. The van der Waals surface area contributed by atoms with Crippen LogP contribution in [0.15, 0.2) is 90.5 Å². The summed E-state index contributed by atoms with van der Waals surface area (Å²) in [6.45, 7) is 19.1. The van der Waals surface area contributed by atoms with Gasteiger partial charge in [0.05, 0.1) is 5.76 Å². The number of rotatable bonds is 13. The molecule has 0 spiro atoms. The van der Waals surface area contributed by atoms with Gasteiger partial charge >= 0.3 is 0 Å². The van der Waals surface area contributed by atoms with E-state index in [0.717, 1.165) is 59.9 Å². The van der Waals surface area contributed by atoms with E-state index >= 15 is 0 Å². The Morgan fingerprint density at radius 3 is 2.51 bits per heavy atom. The average molecular weight is 633 g/mol. The molecule has 3 aromatic rings. The van der Waals surface area contributed by atoms with E-state index in [9.17, 15) is 9.18 Å². The number of benzene rings is 2. The largest absolute Gasteiger partial charge is 0.473 e. The standard InChI is InChI=1S/C36H42ClFN4O3/c1-23(2)45-27(6)25(4)20-42(34-18-29(36(39)43)11-10-24(34)3)26(5)21-41-16-14-28(15-17-41)33-8-7-9-35(40-33)44-22-30-12-13-31(37)19-32(30)38/h7-13,18-19,28H,1,5,14-17,20-22H2,2-4,6H3,(H2,39,43)/b27-25+. The van der Waals surface area contributed by atoms with Crippen LogP contribution in [0.2, 0.25) is 5.02 Å². The summed E-state index contributed by atoms with van der Waals surface area (Å²) < 4.78 is 25.8. The van der Waals surface area contributed by atoms with Crippen molar-refractivity contribution in [2.24, 2.45) is 5.73 Å². The zero-order valence-corrected chi connectivity index (χ0v) is 27.3. The number of aromatic nitrogens is 1. The lowest BCUT2D eigenvalue weighted by Crippen LogP contribution is -2.38. The van der Waals surface area contributed by atoms with Gasteiger partial charge in [-0.2, -0.15) is 0 Å². The van der Waals surface area contributed by atoms with Gasteiger partial charge in [-0.15, -0.1) is 0 Å². The molecule has 2 aromatic carbocycles. The highest BCUT2D eigenvalue weighted by Gasteiger charge is 2.25. The molecule has 4 rings (SSSR count). The number of ether oxygens (including phenoxy) is 2. The van der Waals surface area contributed by atoms with Gasteiger partial charge in [0, 0.05) is 58.3 Å². The maximum Gasteiger partial charge on any atom is 0.248 e. The van der Waals surface area contributed by atoms with E-state index in [4.69, 9.17) is 31.8 Å². The number of hydrogen-bond acceptors (Lipinski definition) is 6. The van der Waals surface area contributed by atoms with Crippen molar-refractivity contribution in [3.63, 3.8) is 0 Å². The van der Waals surface area contributed by atoms with Crippen LogP contribution in [0.3, 0.4) is 0 Å². The van der Waals surface area contributed by atoms with Crippen LogP contribution in [-0.2, 0) is 11.3 Å². The van der Waals surface area contributed by atoms with Gasteiger partial charge in [-0.3, -0.25) is 9.69 Å². The number of halogens is 2. The molecule has 1 fully saturated rings. The highest BCUT2D eigenvalue weighted by atomic mass is 35.5. The molecule has 1 aliphatic heterocycles. The van der Waals surface area contributed by atoms with Gasteiger partial charge < -0.3 is 20.1 Å². The number of piperidine rings is 1. The van der Waals surface area contributed by atoms with Crippen LogP contribution >= 0.6 is 11.6 Å². The highest BCUT2D eigenvalue weighted by Crippen LogP contribution is 2.31. The number of hydrogen-bond donors (Lipinski definition) is 1. The van der Waals surface area contributed by atoms with Crippen LogP contribution in [0.5, 0.6) is 5.88 Å². The molecule has 0 saturated carbocycles. The summed E-state index contributed by atoms with van der Waals surface area (Å²) in [5.41, 5.74) is 11.3. The predicted octanol–water partition coefficient (Wildman–Crippen LogP) is 7.90. The second-order valence-corrected chi connectivity index (χ2v) is 12.1. The first-order valence-electron chi connectivity index (χ1n) is 15.0. The van der Waals surface area contributed by atoms with Gasteiger partial charge in [-0.05, 0) is 95.1 Å². The molecule has 9 heteroatoms. The zero-order valence-electron chi connectivity index (χ0n) is 26.5. The number of nitrogens with zero attached hydrogens (tertiary/aromatic N) is 3. The fraction of sp³-hybridized carbons (Fsp3) is 0.333. The fourth-order valence-electron chi connectivity index (χ4n) is 5.38. The number of aryl methyl sites for hydroxylation is 1. The molecular formula is C36H42ClFN4O3. The molecule has 1 saturated heterocycles. The lowest BCUT2D eigenvalue weighted by atomic mass is 9.93. The van der Waals surface area contributed by atoms with E-state index < -0.39 is 11.7 Å². The van der Waals surface area contributed by atoms with Gasteiger partial charge in [-0.25, -0.2) is 9.37 Å². The van der Waals surface area contributed by atoms with E-state index in [1.54, 1.807) is 24.3 Å². The molecule has 0 aliphatic carbocycles. The van der Waals surface area contributed by atoms with Crippen LogP contribution in [0.1, 0.15) is 66.7 Å². The van der Waals surface area contributed by atoms with Crippen molar-refractivity contribution in [2.45, 2.75) is 53.1 Å². The molecule has 2 heterocycles. The van der Waals surface area contributed by atoms with E-state index in [2.05, 4.69) is 23.0 Å². The number of likely N-dealkylation sites (tertiary alicyclic amines) is 1. The van der Waals surface area contributed by atoms with Crippen molar-refractivity contribution in [3.8, 4) is 5.88 Å². The number of carbonyl (C=O) groups is 1. The van der Waals surface area contributed by atoms with Crippen LogP contribution in [0.4, 0.5) is 10.1 Å². The van der Waals surface area contributed by atoms with E-state index in [1.807, 2.05) is 52.0 Å². The zero-order chi connectivity index (χ0) is 32.7. The van der Waals surface area contributed by atoms with Crippen LogP contribution < -0.4 is 15.4 Å². The summed E-state index contributed by atoms with van der Waals surface area (Å²) in [5.74, 6) is 1.27. The fourth-order valence-corrected chi connectivity index (χ4v) is 5.54. The predicted molar refractivity (Wildman–Crippen MR) is 179 cm³/mol. The number of anilines is 1. The van der Waals surface area contributed by atoms with Crippen LogP contribution in [-0.4, -0.2) is 42.0 Å². The Labute approximate surface area is 270 Å². The summed E-state index contributed by atoms with van der Waals surface area (Å²) in [5, 5.41) is 0.349. The van der Waals surface area contributed by atoms with E-state index in [1.165, 1.54) is 6.07 Å². The third kappa shape index (κ3) is 9.19. The molecule has 238 valence electrons. The normalized spacial score (nSPS) is 14.4. The number of amides is 1. The lowest BCUT2D eigenvalue weighted by Gasteiger charge is -2.36. The molecule has 1 amide bonds. The number of nitrogens with two attached hydrogens (primary N) is 1. The lowest BCUT2D eigenvalue weighted by molar-refractivity contribution is 0.1000. The van der Waals surface area contributed by atoms with E-state index in [-0.39, 0.29) is 12.5 Å². The first-order valence-corrected chi connectivity index (χ1v) is 15.4. The summed E-state index contributed by atoms with van der Waals surface area (Å²) in [4.78, 5) is 21.3. The third-order valence-electron chi connectivity index (χ3n) is 8.04. The Kier molecular flexibility index (Phi) is 11.4. The number of pyridine rings is 1. The number of allylic oxidation sites excluding steroid dienone is 2.